The number of nitrogens with one attached hydrogen (secondary N) is 1. The third-order valence-electron chi connectivity index (χ3n) is 3.03. The molecule has 0 aliphatic carbocycles. The summed E-state index contributed by atoms with van der Waals surface area (Å²) in [7, 11) is 0. The summed E-state index contributed by atoms with van der Waals surface area (Å²) < 4.78 is 13.5. The van der Waals surface area contributed by atoms with Gasteiger partial charge in [0.15, 0.2) is 0 Å². The molecule has 2 aromatic carbocycles. The van der Waals surface area contributed by atoms with Crippen LogP contribution < -0.4 is 5.32 Å². The molecule has 0 spiro atoms. The molecular weight excluding hydrogens is 241 g/mol. The number of carbonyl (C=O) groups is 1. The number of rotatable bonds is 2. The highest BCUT2D eigenvalue weighted by atomic mass is 19.1. The molecule has 1 amide bonds. The summed E-state index contributed by atoms with van der Waals surface area (Å²) in [5, 5.41) is 2.61. The first-order chi connectivity index (χ1) is 8.99. The number of hydrogen-bond acceptors (Lipinski definition) is 1. The second-order valence-electron chi connectivity index (χ2n) is 4.71. The van der Waals surface area contributed by atoms with Crippen LogP contribution in [0.5, 0.6) is 0 Å². The maximum absolute atomic E-state index is 13.5. The Bertz CT molecular complexity index is 611. The van der Waals surface area contributed by atoms with Gasteiger partial charge in [0.1, 0.15) is 5.82 Å². The van der Waals surface area contributed by atoms with E-state index in [0.717, 1.165) is 16.7 Å². The van der Waals surface area contributed by atoms with Crippen molar-refractivity contribution < 1.29 is 9.18 Å². The van der Waals surface area contributed by atoms with E-state index in [9.17, 15) is 9.18 Å². The van der Waals surface area contributed by atoms with Crippen LogP contribution >= 0.6 is 0 Å². The molecule has 1 N–H and O–H groups in total. The zero-order valence-corrected chi connectivity index (χ0v) is 11.3. The predicted octanol–water partition coefficient (Wildman–Crippen LogP) is 4.00. The first-order valence-electron chi connectivity index (χ1n) is 6.13. The van der Waals surface area contributed by atoms with E-state index in [2.05, 4.69) is 5.32 Å². The average Bonchev–Trinajstić information content (AvgIpc) is 2.30. The van der Waals surface area contributed by atoms with Crippen LogP contribution in [-0.4, -0.2) is 5.91 Å². The third-order valence-corrected chi connectivity index (χ3v) is 3.03. The zero-order chi connectivity index (χ0) is 14.0. The molecule has 0 aliphatic rings. The Hall–Kier alpha value is -2.16. The Morgan fingerprint density at radius 2 is 1.63 bits per heavy atom. The van der Waals surface area contributed by atoms with Gasteiger partial charge in [0, 0.05) is 5.56 Å². The van der Waals surface area contributed by atoms with E-state index in [-0.39, 0.29) is 11.6 Å². The van der Waals surface area contributed by atoms with Gasteiger partial charge in [-0.3, -0.25) is 4.79 Å². The van der Waals surface area contributed by atoms with E-state index in [1.54, 1.807) is 18.2 Å². The summed E-state index contributed by atoms with van der Waals surface area (Å²) >= 11 is 0. The molecule has 19 heavy (non-hydrogen) atoms. The van der Waals surface area contributed by atoms with Crippen LogP contribution in [-0.2, 0) is 0 Å². The number of para-hydroxylation sites is 1. The molecular formula is C16H16FNO. The fraction of sp³-hybridized carbons (Fsp3) is 0.188. The Balaban J connectivity index is 2.34. The van der Waals surface area contributed by atoms with Crippen molar-refractivity contribution in [2.24, 2.45) is 0 Å². The number of halogens is 1. The van der Waals surface area contributed by atoms with Crippen LogP contribution in [0.2, 0.25) is 0 Å². The molecule has 2 rings (SSSR count). The molecule has 0 atom stereocenters. The molecule has 0 heterocycles. The quantitative estimate of drug-likeness (QED) is 0.865. The van der Waals surface area contributed by atoms with Crippen molar-refractivity contribution in [3.05, 3.63) is 64.5 Å². The standard InChI is InChI=1S/C16H16FNO/c1-10-8-11(2)15(12(3)9-10)16(19)18-14-7-5-4-6-13(14)17/h4-9H,1-3H3,(H,18,19). The Morgan fingerprint density at radius 3 is 2.21 bits per heavy atom. The average molecular weight is 257 g/mol. The molecule has 3 heteroatoms. The van der Waals surface area contributed by atoms with Crippen molar-refractivity contribution >= 4 is 11.6 Å². The fourth-order valence-electron chi connectivity index (χ4n) is 2.29. The fourth-order valence-corrected chi connectivity index (χ4v) is 2.29. The number of amides is 1. The zero-order valence-electron chi connectivity index (χ0n) is 11.3. The third kappa shape index (κ3) is 2.81. The topological polar surface area (TPSA) is 29.1 Å². The van der Waals surface area contributed by atoms with Crippen LogP contribution in [0.3, 0.4) is 0 Å². The molecule has 2 aromatic rings. The van der Waals surface area contributed by atoms with E-state index < -0.39 is 5.82 Å². The molecule has 0 aliphatic heterocycles. The number of carbonyl (C=O) groups excluding carboxylic acids is 1. The van der Waals surface area contributed by atoms with Crippen LogP contribution in [0.25, 0.3) is 0 Å². The van der Waals surface area contributed by atoms with Gasteiger partial charge in [-0.25, -0.2) is 4.39 Å². The van der Waals surface area contributed by atoms with Gasteiger partial charge in [0.2, 0.25) is 0 Å². The molecule has 0 saturated heterocycles. The highest BCUT2D eigenvalue weighted by Crippen LogP contribution is 2.19. The number of benzene rings is 2. The van der Waals surface area contributed by atoms with Crippen molar-refractivity contribution in [1.29, 1.82) is 0 Å². The van der Waals surface area contributed by atoms with Gasteiger partial charge in [0.25, 0.3) is 5.91 Å². The van der Waals surface area contributed by atoms with Gasteiger partial charge in [-0.15, -0.1) is 0 Å². The van der Waals surface area contributed by atoms with E-state index in [4.69, 9.17) is 0 Å². The minimum atomic E-state index is -0.432. The molecule has 0 bridgehead atoms. The minimum absolute atomic E-state index is 0.201. The number of anilines is 1. The monoisotopic (exact) mass is 257 g/mol. The molecule has 2 nitrogen and oxygen atoms in total. The molecule has 0 radical (unpaired) electrons. The lowest BCUT2D eigenvalue weighted by Gasteiger charge is -2.12. The van der Waals surface area contributed by atoms with Gasteiger partial charge < -0.3 is 5.32 Å². The normalized spacial score (nSPS) is 10.3. The highest BCUT2D eigenvalue weighted by molar-refractivity contribution is 6.06. The van der Waals surface area contributed by atoms with E-state index in [0.29, 0.717) is 5.56 Å². The maximum atomic E-state index is 13.5. The van der Waals surface area contributed by atoms with Crippen molar-refractivity contribution in [3.63, 3.8) is 0 Å². The van der Waals surface area contributed by atoms with E-state index in [1.807, 2.05) is 32.9 Å². The lowest BCUT2D eigenvalue weighted by atomic mass is 9.99. The number of hydrogen-bond donors (Lipinski definition) is 1. The van der Waals surface area contributed by atoms with Crippen molar-refractivity contribution in [2.75, 3.05) is 5.32 Å². The summed E-state index contributed by atoms with van der Waals surface area (Å²) in [6, 6.07) is 10.0. The lowest BCUT2D eigenvalue weighted by Crippen LogP contribution is -2.16. The van der Waals surface area contributed by atoms with Crippen LogP contribution in [0, 0.1) is 26.6 Å². The van der Waals surface area contributed by atoms with Gasteiger partial charge in [0.05, 0.1) is 5.69 Å². The summed E-state index contributed by atoms with van der Waals surface area (Å²) in [6.07, 6.45) is 0. The summed E-state index contributed by atoms with van der Waals surface area (Å²) in [4.78, 5) is 12.2. The van der Waals surface area contributed by atoms with Gasteiger partial charge in [-0.2, -0.15) is 0 Å². The van der Waals surface area contributed by atoms with Gasteiger partial charge >= 0.3 is 0 Å². The van der Waals surface area contributed by atoms with Gasteiger partial charge in [-0.1, -0.05) is 29.8 Å². The lowest BCUT2D eigenvalue weighted by molar-refractivity contribution is 0.102. The summed E-state index contributed by atoms with van der Waals surface area (Å²) in [5.74, 6) is -0.710. The van der Waals surface area contributed by atoms with Crippen LogP contribution in [0.4, 0.5) is 10.1 Å². The predicted molar refractivity (Wildman–Crippen MR) is 75.0 cm³/mol. The first kappa shape index (κ1) is 13.3. The van der Waals surface area contributed by atoms with Crippen molar-refractivity contribution in [3.8, 4) is 0 Å². The Labute approximate surface area is 112 Å². The summed E-state index contributed by atoms with van der Waals surface area (Å²) in [6.45, 7) is 5.76. The Morgan fingerprint density at radius 1 is 1.05 bits per heavy atom. The first-order valence-corrected chi connectivity index (χ1v) is 6.13. The second-order valence-corrected chi connectivity index (χ2v) is 4.71. The molecule has 0 saturated carbocycles. The van der Waals surface area contributed by atoms with E-state index in [1.165, 1.54) is 6.07 Å². The molecule has 0 unspecified atom stereocenters. The molecule has 0 fully saturated rings. The van der Waals surface area contributed by atoms with E-state index >= 15 is 0 Å². The van der Waals surface area contributed by atoms with Crippen molar-refractivity contribution in [1.82, 2.24) is 0 Å². The van der Waals surface area contributed by atoms with Crippen molar-refractivity contribution in [2.45, 2.75) is 20.8 Å². The maximum Gasteiger partial charge on any atom is 0.256 e. The van der Waals surface area contributed by atoms with Gasteiger partial charge in [-0.05, 0) is 44.0 Å². The summed E-state index contributed by atoms with van der Waals surface area (Å²) in [5.41, 5.74) is 3.70. The van der Waals surface area contributed by atoms with Crippen LogP contribution in [0.15, 0.2) is 36.4 Å². The SMILES string of the molecule is Cc1cc(C)c(C(=O)Nc2ccccc2F)c(C)c1. The highest BCUT2D eigenvalue weighted by Gasteiger charge is 2.14. The second kappa shape index (κ2) is 5.22. The van der Waals surface area contributed by atoms with Crippen LogP contribution in [0.1, 0.15) is 27.0 Å². The minimum Gasteiger partial charge on any atom is -0.319 e. The smallest absolute Gasteiger partial charge is 0.256 e. The Kier molecular flexibility index (Phi) is 3.65. The number of aryl methyl sites for hydroxylation is 3. The molecule has 98 valence electrons. The largest absolute Gasteiger partial charge is 0.319 e. The molecule has 0 aromatic heterocycles.